The van der Waals surface area contributed by atoms with Crippen LogP contribution in [0, 0.1) is 5.92 Å². The van der Waals surface area contributed by atoms with Crippen molar-refractivity contribution in [2.75, 3.05) is 13.1 Å². The van der Waals surface area contributed by atoms with Crippen LogP contribution in [0.3, 0.4) is 0 Å². The number of aryl methyl sites for hydroxylation is 1. The van der Waals surface area contributed by atoms with Gasteiger partial charge in [-0.15, -0.1) is 11.3 Å². The molecule has 1 saturated heterocycles. The van der Waals surface area contributed by atoms with Gasteiger partial charge in [0.05, 0.1) is 11.2 Å². The number of alkyl halides is 2. The second kappa shape index (κ2) is 5.18. The van der Waals surface area contributed by atoms with Crippen LogP contribution in [0.1, 0.15) is 18.4 Å². The van der Waals surface area contributed by atoms with Gasteiger partial charge < -0.3 is 0 Å². The van der Waals surface area contributed by atoms with Crippen molar-refractivity contribution in [1.29, 1.82) is 0 Å². The monoisotopic (exact) mass is 296 g/mol. The summed E-state index contributed by atoms with van der Waals surface area (Å²) >= 11 is 1.14. The predicted octanol–water partition coefficient (Wildman–Crippen LogP) is 1.98. The van der Waals surface area contributed by atoms with Crippen molar-refractivity contribution in [1.82, 2.24) is 9.29 Å². The molecule has 0 aliphatic carbocycles. The topological polar surface area (TPSA) is 50.3 Å². The molecular formula is C10H14F2N2O2S2. The fourth-order valence-corrected chi connectivity index (χ4v) is 4.69. The van der Waals surface area contributed by atoms with Crippen LogP contribution in [0.5, 0.6) is 0 Å². The highest BCUT2D eigenvalue weighted by Gasteiger charge is 2.38. The zero-order valence-electron chi connectivity index (χ0n) is 9.84. The molecule has 0 bridgehead atoms. The highest BCUT2D eigenvalue weighted by molar-refractivity contribution is 7.91. The van der Waals surface area contributed by atoms with Crippen molar-refractivity contribution in [3.63, 3.8) is 0 Å². The molecule has 102 valence electrons. The van der Waals surface area contributed by atoms with Crippen LogP contribution >= 0.6 is 11.3 Å². The van der Waals surface area contributed by atoms with Crippen molar-refractivity contribution in [3.05, 3.63) is 11.2 Å². The van der Waals surface area contributed by atoms with Crippen LogP contribution in [0.15, 0.2) is 10.4 Å². The lowest BCUT2D eigenvalue weighted by molar-refractivity contribution is 0.0738. The van der Waals surface area contributed by atoms with Gasteiger partial charge in [-0.05, 0) is 12.3 Å². The molecular weight excluding hydrogens is 282 g/mol. The number of thiazole rings is 1. The van der Waals surface area contributed by atoms with E-state index < -0.39 is 16.4 Å². The SMILES string of the molecule is CCc1ncc(S(=O)(=O)N2CC(CC(F)F)C2)s1. The van der Waals surface area contributed by atoms with E-state index in [4.69, 9.17) is 0 Å². The Hall–Kier alpha value is -0.600. The van der Waals surface area contributed by atoms with Gasteiger partial charge in [0, 0.05) is 19.5 Å². The number of halogens is 2. The van der Waals surface area contributed by atoms with E-state index in [1.807, 2.05) is 6.92 Å². The molecule has 0 spiro atoms. The Morgan fingerprint density at radius 3 is 2.72 bits per heavy atom. The van der Waals surface area contributed by atoms with Gasteiger partial charge in [-0.1, -0.05) is 6.92 Å². The van der Waals surface area contributed by atoms with Crippen LogP contribution in [0.25, 0.3) is 0 Å². The van der Waals surface area contributed by atoms with Crippen molar-refractivity contribution in [3.8, 4) is 0 Å². The number of nitrogens with zero attached hydrogens (tertiary/aromatic N) is 2. The lowest BCUT2D eigenvalue weighted by Gasteiger charge is -2.37. The maximum Gasteiger partial charge on any atom is 0.254 e. The summed E-state index contributed by atoms with van der Waals surface area (Å²) in [6.07, 6.45) is -0.558. The molecule has 0 atom stereocenters. The summed E-state index contributed by atoms with van der Waals surface area (Å²) in [7, 11) is -3.52. The Balaban J connectivity index is 2.01. The minimum absolute atomic E-state index is 0.187. The molecule has 0 amide bonds. The Morgan fingerprint density at radius 1 is 1.56 bits per heavy atom. The quantitative estimate of drug-likeness (QED) is 0.835. The molecule has 2 rings (SSSR count). The molecule has 0 saturated carbocycles. The summed E-state index contributed by atoms with van der Waals surface area (Å²) < 4.78 is 49.9. The molecule has 2 heterocycles. The van der Waals surface area contributed by atoms with Crippen LogP contribution in [0.2, 0.25) is 0 Å². The largest absolute Gasteiger partial charge is 0.254 e. The second-order valence-corrected chi connectivity index (χ2v) is 7.52. The van der Waals surface area contributed by atoms with E-state index in [0.717, 1.165) is 16.3 Å². The standard InChI is InChI=1S/C10H14F2N2O2S2/c1-2-9-13-4-10(17-9)18(15,16)14-5-7(6-14)3-8(11)12/h4,7-8H,2-3,5-6H2,1H3. The van der Waals surface area contributed by atoms with E-state index in [2.05, 4.69) is 4.98 Å². The Bertz CT molecular complexity index is 510. The molecule has 4 nitrogen and oxygen atoms in total. The van der Waals surface area contributed by atoms with E-state index in [1.54, 1.807) is 0 Å². The summed E-state index contributed by atoms with van der Waals surface area (Å²) in [5, 5.41) is 0.762. The number of hydrogen-bond acceptors (Lipinski definition) is 4. The Labute approximate surface area is 109 Å². The van der Waals surface area contributed by atoms with Crippen LogP contribution in [0.4, 0.5) is 8.78 Å². The lowest BCUT2D eigenvalue weighted by atomic mass is 10.00. The molecule has 0 aromatic carbocycles. The number of aromatic nitrogens is 1. The van der Waals surface area contributed by atoms with Gasteiger partial charge in [-0.25, -0.2) is 22.2 Å². The van der Waals surface area contributed by atoms with Crippen molar-refractivity contribution < 1.29 is 17.2 Å². The van der Waals surface area contributed by atoms with Gasteiger partial charge in [-0.2, -0.15) is 4.31 Å². The van der Waals surface area contributed by atoms with E-state index in [-0.39, 0.29) is 29.6 Å². The van der Waals surface area contributed by atoms with Gasteiger partial charge in [-0.3, -0.25) is 0 Å². The zero-order chi connectivity index (χ0) is 13.3. The van der Waals surface area contributed by atoms with Gasteiger partial charge >= 0.3 is 0 Å². The first kappa shape index (κ1) is 13.8. The summed E-state index contributed by atoms with van der Waals surface area (Å²) in [6, 6.07) is 0. The summed E-state index contributed by atoms with van der Waals surface area (Å²) in [5.41, 5.74) is 0. The molecule has 8 heteroatoms. The van der Waals surface area contributed by atoms with Gasteiger partial charge in [0.25, 0.3) is 10.0 Å². The number of sulfonamides is 1. The number of rotatable bonds is 5. The van der Waals surface area contributed by atoms with Crippen LogP contribution < -0.4 is 0 Å². The molecule has 18 heavy (non-hydrogen) atoms. The van der Waals surface area contributed by atoms with E-state index in [9.17, 15) is 17.2 Å². The fraction of sp³-hybridized carbons (Fsp3) is 0.700. The highest BCUT2D eigenvalue weighted by atomic mass is 32.2. The third-order valence-corrected chi connectivity index (χ3v) is 6.27. The highest BCUT2D eigenvalue weighted by Crippen LogP contribution is 2.30. The summed E-state index contributed by atoms with van der Waals surface area (Å²) in [5.74, 6) is -0.224. The maximum absolute atomic E-state index is 12.1. The molecule has 1 aromatic heterocycles. The van der Waals surface area contributed by atoms with Gasteiger partial charge in [0.1, 0.15) is 0 Å². The maximum atomic E-state index is 12.1. The predicted molar refractivity (Wildman–Crippen MR) is 64.4 cm³/mol. The normalized spacial score (nSPS) is 18.2. The molecule has 0 radical (unpaired) electrons. The Morgan fingerprint density at radius 2 is 2.22 bits per heavy atom. The second-order valence-electron chi connectivity index (χ2n) is 4.24. The lowest BCUT2D eigenvalue weighted by Crippen LogP contribution is -2.50. The average molecular weight is 296 g/mol. The first-order valence-electron chi connectivity index (χ1n) is 5.66. The molecule has 0 N–H and O–H groups in total. The smallest absolute Gasteiger partial charge is 0.248 e. The van der Waals surface area contributed by atoms with E-state index in [0.29, 0.717) is 6.42 Å². The van der Waals surface area contributed by atoms with E-state index in [1.165, 1.54) is 10.5 Å². The summed E-state index contributed by atoms with van der Waals surface area (Å²) in [6.45, 7) is 2.27. The van der Waals surface area contributed by atoms with Gasteiger partial charge in [0.2, 0.25) is 6.43 Å². The van der Waals surface area contributed by atoms with Crippen molar-refractivity contribution >= 4 is 21.4 Å². The minimum Gasteiger partial charge on any atom is -0.248 e. The molecule has 1 fully saturated rings. The summed E-state index contributed by atoms with van der Waals surface area (Å²) in [4.78, 5) is 4.00. The zero-order valence-corrected chi connectivity index (χ0v) is 11.5. The Kier molecular flexibility index (Phi) is 3.98. The third kappa shape index (κ3) is 2.70. The first-order valence-corrected chi connectivity index (χ1v) is 7.92. The molecule has 0 unspecified atom stereocenters. The molecule has 1 aliphatic rings. The van der Waals surface area contributed by atoms with Crippen LogP contribution in [-0.2, 0) is 16.4 Å². The fourth-order valence-electron chi connectivity index (χ4n) is 1.82. The van der Waals surface area contributed by atoms with Crippen molar-refractivity contribution in [2.45, 2.75) is 30.4 Å². The average Bonchev–Trinajstić information content (AvgIpc) is 2.71. The van der Waals surface area contributed by atoms with E-state index >= 15 is 0 Å². The molecule has 1 aromatic rings. The first-order chi connectivity index (χ1) is 8.43. The minimum atomic E-state index is -3.52. The van der Waals surface area contributed by atoms with Crippen LogP contribution in [-0.4, -0.2) is 37.2 Å². The van der Waals surface area contributed by atoms with Crippen molar-refractivity contribution in [2.24, 2.45) is 5.92 Å². The third-order valence-electron chi connectivity index (χ3n) is 2.86. The number of hydrogen-bond donors (Lipinski definition) is 0. The van der Waals surface area contributed by atoms with Gasteiger partial charge in [0.15, 0.2) is 4.21 Å². The molecule has 1 aliphatic heterocycles.